The Bertz CT molecular complexity index is 2450. The average Bonchev–Trinajstić information content (AvgIpc) is 3.51. The lowest BCUT2D eigenvalue weighted by atomic mass is 9.97. The van der Waals surface area contributed by atoms with Crippen molar-refractivity contribution < 1.29 is 4.57 Å². The molecular formula is C41H27N2OP. The van der Waals surface area contributed by atoms with Gasteiger partial charge in [0, 0.05) is 21.5 Å². The summed E-state index contributed by atoms with van der Waals surface area (Å²) >= 11 is 0. The molecule has 1 aliphatic rings. The fourth-order valence-corrected chi connectivity index (χ4v) is 9.84. The van der Waals surface area contributed by atoms with Crippen LogP contribution in [0.1, 0.15) is 0 Å². The number of nitrogens with zero attached hydrogens (tertiary/aromatic N) is 2. The molecule has 3 nitrogen and oxygen atoms in total. The lowest BCUT2D eigenvalue weighted by molar-refractivity contribution is 0.592. The molecule has 1 aliphatic heterocycles. The normalized spacial score (nSPS) is 15.3. The van der Waals surface area contributed by atoms with Crippen molar-refractivity contribution in [1.29, 1.82) is 0 Å². The van der Waals surface area contributed by atoms with Gasteiger partial charge in [-0.2, -0.15) is 0 Å². The van der Waals surface area contributed by atoms with Gasteiger partial charge in [0.05, 0.1) is 16.7 Å². The highest BCUT2D eigenvalue weighted by atomic mass is 31.2. The van der Waals surface area contributed by atoms with Gasteiger partial charge in [0.1, 0.15) is 5.82 Å². The van der Waals surface area contributed by atoms with Gasteiger partial charge < -0.3 is 4.57 Å². The van der Waals surface area contributed by atoms with Crippen LogP contribution in [0.15, 0.2) is 164 Å². The van der Waals surface area contributed by atoms with Crippen LogP contribution in [0.3, 0.4) is 0 Å². The van der Waals surface area contributed by atoms with Gasteiger partial charge in [0.15, 0.2) is 7.14 Å². The molecule has 212 valence electrons. The first-order valence-electron chi connectivity index (χ1n) is 15.2. The summed E-state index contributed by atoms with van der Waals surface area (Å²) in [6.45, 7) is 0. The van der Waals surface area contributed by atoms with Gasteiger partial charge in [-0.25, -0.2) is 4.98 Å². The van der Waals surface area contributed by atoms with Crippen molar-refractivity contribution in [1.82, 2.24) is 9.55 Å². The highest BCUT2D eigenvalue weighted by Crippen LogP contribution is 2.50. The summed E-state index contributed by atoms with van der Waals surface area (Å²) in [7, 11) is -3.24. The minimum Gasteiger partial charge on any atom is -0.308 e. The molecule has 7 aromatic carbocycles. The molecule has 0 spiro atoms. The summed E-state index contributed by atoms with van der Waals surface area (Å²) in [4.78, 5) is 5.10. The van der Waals surface area contributed by atoms with Gasteiger partial charge in [0.25, 0.3) is 0 Å². The van der Waals surface area contributed by atoms with Crippen LogP contribution in [0, 0.1) is 0 Å². The second-order valence-electron chi connectivity index (χ2n) is 11.6. The lowest BCUT2D eigenvalue weighted by Gasteiger charge is -2.29. The molecule has 0 fully saturated rings. The Balaban J connectivity index is 1.27. The van der Waals surface area contributed by atoms with Crippen molar-refractivity contribution in [2.24, 2.45) is 0 Å². The number of aromatic nitrogens is 2. The minimum absolute atomic E-state index is 0.830. The van der Waals surface area contributed by atoms with Gasteiger partial charge in [-0.15, -0.1) is 0 Å². The first-order valence-corrected chi connectivity index (χ1v) is 16.9. The third-order valence-electron chi connectivity index (χ3n) is 8.98. The molecule has 0 bridgehead atoms. The Morgan fingerprint density at radius 2 is 1.04 bits per heavy atom. The summed E-state index contributed by atoms with van der Waals surface area (Å²) in [6.07, 6.45) is 0. The number of rotatable bonds is 4. The largest absolute Gasteiger partial charge is 0.308 e. The zero-order valence-electron chi connectivity index (χ0n) is 24.3. The fraction of sp³-hybridized carbons (Fsp3) is 0. The van der Waals surface area contributed by atoms with E-state index in [4.69, 9.17) is 4.98 Å². The van der Waals surface area contributed by atoms with E-state index in [1.165, 1.54) is 21.9 Å². The number of para-hydroxylation sites is 1. The van der Waals surface area contributed by atoms with E-state index in [-0.39, 0.29) is 0 Å². The van der Waals surface area contributed by atoms with E-state index in [0.717, 1.165) is 55.1 Å². The van der Waals surface area contributed by atoms with Crippen molar-refractivity contribution in [3.63, 3.8) is 0 Å². The number of hydrogen-bond donors (Lipinski definition) is 0. The molecule has 4 heteroatoms. The molecule has 9 rings (SSSR count). The van der Waals surface area contributed by atoms with Gasteiger partial charge in [0.2, 0.25) is 0 Å². The first kappa shape index (κ1) is 25.9. The second-order valence-corrected chi connectivity index (χ2v) is 14.3. The maximum atomic E-state index is 15.7. The molecule has 1 unspecified atom stereocenters. The van der Waals surface area contributed by atoms with E-state index >= 15 is 4.57 Å². The average molecular weight is 595 g/mol. The highest BCUT2D eigenvalue weighted by molar-refractivity contribution is 7.86. The zero-order valence-corrected chi connectivity index (χ0v) is 25.2. The smallest absolute Gasteiger partial charge is 0.175 e. The molecular weight excluding hydrogens is 567 g/mol. The Kier molecular flexibility index (Phi) is 5.78. The molecule has 2 heterocycles. The van der Waals surface area contributed by atoms with E-state index in [9.17, 15) is 0 Å². The fourth-order valence-electron chi connectivity index (χ4n) is 6.80. The van der Waals surface area contributed by atoms with E-state index in [0.29, 0.717) is 0 Å². The number of imidazole rings is 1. The summed E-state index contributed by atoms with van der Waals surface area (Å²) < 4.78 is 18.0. The van der Waals surface area contributed by atoms with Crippen molar-refractivity contribution in [2.45, 2.75) is 0 Å². The molecule has 45 heavy (non-hydrogen) atoms. The van der Waals surface area contributed by atoms with E-state index in [1.807, 2.05) is 72.8 Å². The third kappa shape index (κ3) is 3.98. The van der Waals surface area contributed by atoms with Crippen LogP contribution >= 0.6 is 7.14 Å². The molecule has 8 aromatic rings. The summed E-state index contributed by atoms with van der Waals surface area (Å²) in [5.41, 5.74) is 8.25. The van der Waals surface area contributed by atoms with Crippen molar-refractivity contribution in [3.8, 4) is 39.3 Å². The van der Waals surface area contributed by atoms with E-state index in [2.05, 4.69) is 95.6 Å². The Morgan fingerprint density at radius 1 is 0.467 bits per heavy atom. The molecule has 0 saturated carbocycles. The molecule has 1 aromatic heterocycles. The van der Waals surface area contributed by atoms with Crippen LogP contribution in [0.5, 0.6) is 0 Å². The topological polar surface area (TPSA) is 34.9 Å². The monoisotopic (exact) mass is 594 g/mol. The van der Waals surface area contributed by atoms with Crippen LogP contribution in [0.2, 0.25) is 0 Å². The Morgan fingerprint density at radius 3 is 1.73 bits per heavy atom. The molecule has 0 radical (unpaired) electrons. The van der Waals surface area contributed by atoms with E-state index in [1.54, 1.807) is 0 Å². The summed E-state index contributed by atoms with van der Waals surface area (Å²) in [5.74, 6) is 0.853. The second kappa shape index (κ2) is 10.0. The Labute approximate surface area is 261 Å². The van der Waals surface area contributed by atoms with Crippen molar-refractivity contribution in [3.05, 3.63) is 164 Å². The standard InChI is InChI=1S/C41H27N2OP/c44-45(35-15-8-3-9-16-35)38-18-10-17-36-40(38)43(41(42-36)29-13-6-2-7-14-29)37-24-23-34(27-39(37)45)33-22-21-31-25-30(19-20-32(31)26-33)28-11-4-1-5-12-28/h1-27H. The highest BCUT2D eigenvalue weighted by Gasteiger charge is 2.40. The van der Waals surface area contributed by atoms with Crippen LogP contribution < -0.4 is 15.9 Å². The lowest BCUT2D eigenvalue weighted by Crippen LogP contribution is -2.33. The van der Waals surface area contributed by atoms with Gasteiger partial charge in [-0.05, 0) is 69.4 Å². The predicted molar refractivity (Wildman–Crippen MR) is 188 cm³/mol. The van der Waals surface area contributed by atoms with Gasteiger partial charge in [-0.1, -0.05) is 127 Å². The van der Waals surface area contributed by atoms with E-state index < -0.39 is 7.14 Å². The third-order valence-corrected chi connectivity index (χ3v) is 12.1. The zero-order chi connectivity index (χ0) is 30.0. The quantitative estimate of drug-likeness (QED) is 0.191. The number of hydrogen-bond acceptors (Lipinski definition) is 2. The Hall–Kier alpha value is -5.50. The van der Waals surface area contributed by atoms with Crippen LogP contribution in [0.25, 0.3) is 61.1 Å². The molecule has 0 N–H and O–H groups in total. The predicted octanol–water partition coefficient (Wildman–Crippen LogP) is 9.13. The van der Waals surface area contributed by atoms with Gasteiger partial charge >= 0.3 is 0 Å². The van der Waals surface area contributed by atoms with Crippen LogP contribution in [-0.2, 0) is 4.57 Å². The summed E-state index contributed by atoms with van der Waals surface area (Å²) in [6, 6.07) is 56.4. The maximum absolute atomic E-state index is 15.7. The first-order chi connectivity index (χ1) is 22.2. The molecule has 0 aliphatic carbocycles. The maximum Gasteiger partial charge on any atom is 0.175 e. The number of fused-ring (bicyclic) bond motifs is 3. The van der Waals surface area contributed by atoms with Crippen molar-refractivity contribution >= 4 is 44.9 Å². The van der Waals surface area contributed by atoms with Crippen LogP contribution in [0.4, 0.5) is 0 Å². The summed E-state index contributed by atoms with van der Waals surface area (Å²) in [5, 5.41) is 4.86. The molecule has 0 saturated heterocycles. The molecule has 0 amide bonds. The molecule has 1 atom stereocenters. The number of benzene rings is 7. The van der Waals surface area contributed by atoms with Crippen LogP contribution in [-0.4, -0.2) is 9.55 Å². The SMILES string of the molecule is O=P1(c2ccccc2)c2cc(-c3ccc4cc(-c5ccccc5)ccc4c3)ccc2-n2c(-c3ccccc3)nc3cccc1c32. The minimum atomic E-state index is -3.24. The van der Waals surface area contributed by atoms with Gasteiger partial charge in [-0.3, -0.25) is 4.57 Å². The van der Waals surface area contributed by atoms with Crippen molar-refractivity contribution in [2.75, 3.05) is 0 Å².